The zero-order chi connectivity index (χ0) is 14.6. The molecule has 0 aromatic heterocycles. The smallest absolute Gasteiger partial charge is 0.335 e. The molecule has 0 aliphatic heterocycles. The second-order valence-electron chi connectivity index (χ2n) is 4.08. The zero-order valence-electron chi connectivity index (χ0n) is 10.5. The number of halogens is 2. The number of nitrogens with zero attached hydrogens (tertiary/aromatic N) is 1. The number of carbonyl (C=O) groups is 2. The molecular weight excluding hydrogens is 258 g/mol. The lowest BCUT2D eigenvalue weighted by molar-refractivity contribution is -0.128. The molecule has 2 N–H and O–H groups in total. The highest BCUT2D eigenvalue weighted by molar-refractivity contribution is 5.88. The molecule has 0 aliphatic carbocycles. The van der Waals surface area contributed by atoms with Crippen molar-refractivity contribution in [2.75, 3.05) is 26.0 Å². The Labute approximate surface area is 108 Å². The van der Waals surface area contributed by atoms with Crippen molar-refractivity contribution in [3.05, 3.63) is 29.3 Å². The van der Waals surface area contributed by atoms with Crippen molar-refractivity contribution in [1.82, 2.24) is 4.90 Å². The van der Waals surface area contributed by atoms with Crippen LogP contribution in [0.15, 0.2) is 12.1 Å². The monoisotopic (exact) mass is 272 g/mol. The van der Waals surface area contributed by atoms with E-state index in [1.54, 1.807) is 14.1 Å². The lowest BCUT2D eigenvalue weighted by atomic mass is 10.2. The lowest BCUT2D eigenvalue weighted by Crippen LogP contribution is -2.24. The molecule has 0 unspecified atom stereocenters. The van der Waals surface area contributed by atoms with Gasteiger partial charge in [0.1, 0.15) is 17.3 Å². The number of hydrogen-bond donors (Lipinski definition) is 2. The summed E-state index contributed by atoms with van der Waals surface area (Å²) in [5.74, 6) is -3.60. The van der Waals surface area contributed by atoms with Crippen LogP contribution in [-0.2, 0) is 4.79 Å². The van der Waals surface area contributed by atoms with Crippen molar-refractivity contribution < 1.29 is 23.5 Å². The van der Waals surface area contributed by atoms with Crippen molar-refractivity contribution in [2.24, 2.45) is 0 Å². The second kappa shape index (κ2) is 6.12. The Morgan fingerprint density at radius 1 is 1.26 bits per heavy atom. The fraction of sp³-hybridized carbons (Fsp3) is 0.333. The van der Waals surface area contributed by atoms with Crippen molar-refractivity contribution in [3.8, 4) is 0 Å². The van der Waals surface area contributed by atoms with E-state index in [0.717, 1.165) is 12.1 Å². The SMILES string of the molecule is CN(C)C(=O)CCNc1c(F)cc(C(=O)O)cc1F. The predicted octanol–water partition coefficient (Wildman–Crippen LogP) is 1.55. The van der Waals surface area contributed by atoms with Crippen LogP contribution in [0.3, 0.4) is 0 Å². The van der Waals surface area contributed by atoms with Gasteiger partial charge in [-0.15, -0.1) is 0 Å². The van der Waals surface area contributed by atoms with Crippen LogP contribution in [-0.4, -0.2) is 42.5 Å². The summed E-state index contributed by atoms with van der Waals surface area (Å²) in [6, 6.07) is 1.45. The minimum atomic E-state index is -1.41. The fourth-order valence-corrected chi connectivity index (χ4v) is 1.38. The van der Waals surface area contributed by atoms with E-state index >= 15 is 0 Å². The van der Waals surface area contributed by atoms with Crippen LogP contribution in [0, 0.1) is 11.6 Å². The largest absolute Gasteiger partial charge is 0.478 e. The highest BCUT2D eigenvalue weighted by Crippen LogP contribution is 2.20. The summed E-state index contributed by atoms with van der Waals surface area (Å²) in [7, 11) is 3.15. The molecule has 0 saturated carbocycles. The Balaban J connectivity index is 2.74. The third kappa shape index (κ3) is 3.90. The first kappa shape index (κ1) is 14.9. The number of carboxylic acid groups (broad SMARTS) is 1. The van der Waals surface area contributed by atoms with Gasteiger partial charge in [0.15, 0.2) is 0 Å². The van der Waals surface area contributed by atoms with E-state index < -0.39 is 28.9 Å². The predicted molar refractivity (Wildman–Crippen MR) is 65.1 cm³/mol. The van der Waals surface area contributed by atoms with Crippen LogP contribution in [0.5, 0.6) is 0 Å². The number of anilines is 1. The van der Waals surface area contributed by atoms with E-state index in [4.69, 9.17) is 5.11 Å². The van der Waals surface area contributed by atoms with Gasteiger partial charge in [0.25, 0.3) is 0 Å². The molecule has 0 fully saturated rings. The molecule has 0 spiro atoms. The first-order chi connectivity index (χ1) is 8.82. The maximum atomic E-state index is 13.5. The highest BCUT2D eigenvalue weighted by Gasteiger charge is 2.14. The van der Waals surface area contributed by atoms with E-state index in [2.05, 4.69) is 5.32 Å². The van der Waals surface area contributed by atoms with Gasteiger partial charge in [-0.3, -0.25) is 4.79 Å². The summed E-state index contributed by atoms with van der Waals surface area (Å²) in [6.07, 6.45) is 0.0760. The maximum absolute atomic E-state index is 13.5. The second-order valence-corrected chi connectivity index (χ2v) is 4.08. The quantitative estimate of drug-likeness (QED) is 0.853. The lowest BCUT2D eigenvalue weighted by Gasteiger charge is -2.12. The minimum Gasteiger partial charge on any atom is -0.478 e. The number of carboxylic acids is 1. The molecule has 1 rings (SSSR count). The van der Waals surface area contributed by atoms with Crippen LogP contribution in [0.2, 0.25) is 0 Å². The van der Waals surface area contributed by atoms with Crippen molar-refractivity contribution in [3.63, 3.8) is 0 Å². The molecule has 5 nitrogen and oxygen atoms in total. The average molecular weight is 272 g/mol. The number of aromatic carboxylic acids is 1. The van der Waals surface area contributed by atoms with Crippen LogP contribution < -0.4 is 5.32 Å². The standard InChI is InChI=1S/C12H14F2N2O3/c1-16(2)10(17)3-4-15-11-8(13)5-7(12(18)19)6-9(11)14/h5-6,15H,3-4H2,1-2H3,(H,18,19). The van der Waals surface area contributed by atoms with Crippen molar-refractivity contribution in [2.45, 2.75) is 6.42 Å². The number of hydrogen-bond acceptors (Lipinski definition) is 3. The topological polar surface area (TPSA) is 69.6 Å². The summed E-state index contributed by atoms with van der Waals surface area (Å²) < 4.78 is 27.0. The van der Waals surface area contributed by atoms with E-state index in [1.807, 2.05) is 0 Å². The van der Waals surface area contributed by atoms with E-state index in [0.29, 0.717) is 0 Å². The molecule has 0 bridgehead atoms. The summed E-state index contributed by atoms with van der Waals surface area (Å²) in [6.45, 7) is 0.0528. The fourth-order valence-electron chi connectivity index (χ4n) is 1.38. The molecule has 0 aliphatic rings. The number of benzene rings is 1. The Morgan fingerprint density at radius 3 is 2.21 bits per heavy atom. The summed E-state index contributed by atoms with van der Waals surface area (Å²) in [4.78, 5) is 23.2. The van der Waals surface area contributed by atoms with Crippen LogP contribution >= 0.6 is 0 Å². The Hall–Kier alpha value is -2.18. The molecule has 0 atom stereocenters. The Morgan fingerprint density at radius 2 is 1.79 bits per heavy atom. The van der Waals surface area contributed by atoms with Crippen LogP contribution in [0.1, 0.15) is 16.8 Å². The normalized spacial score (nSPS) is 10.1. The summed E-state index contributed by atoms with van der Waals surface area (Å²) >= 11 is 0. The van der Waals surface area contributed by atoms with Gasteiger partial charge in [0.05, 0.1) is 5.56 Å². The number of carbonyl (C=O) groups excluding carboxylic acids is 1. The Kier molecular flexibility index (Phi) is 4.80. The molecule has 1 amide bonds. The van der Waals surface area contributed by atoms with Crippen molar-refractivity contribution >= 4 is 17.6 Å². The number of nitrogens with one attached hydrogen (secondary N) is 1. The van der Waals surface area contributed by atoms with Crippen molar-refractivity contribution in [1.29, 1.82) is 0 Å². The molecule has 19 heavy (non-hydrogen) atoms. The number of amides is 1. The van der Waals surface area contributed by atoms with Gasteiger partial charge in [-0.2, -0.15) is 0 Å². The highest BCUT2D eigenvalue weighted by atomic mass is 19.1. The maximum Gasteiger partial charge on any atom is 0.335 e. The van der Waals surface area contributed by atoms with Gasteiger partial charge in [0.2, 0.25) is 5.91 Å². The Bertz CT molecular complexity index is 481. The minimum absolute atomic E-state index is 0.0528. The number of rotatable bonds is 5. The zero-order valence-corrected chi connectivity index (χ0v) is 10.5. The average Bonchev–Trinajstić information content (AvgIpc) is 2.31. The van der Waals surface area contributed by atoms with E-state index in [1.165, 1.54) is 4.90 Å². The third-order valence-electron chi connectivity index (χ3n) is 2.43. The molecule has 0 heterocycles. The molecule has 1 aromatic rings. The van der Waals surface area contributed by atoms with Gasteiger partial charge in [-0.05, 0) is 12.1 Å². The third-order valence-corrected chi connectivity index (χ3v) is 2.43. The first-order valence-corrected chi connectivity index (χ1v) is 5.49. The first-order valence-electron chi connectivity index (χ1n) is 5.49. The van der Waals surface area contributed by atoms with Gasteiger partial charge >= 0.3 is 5.97 Å². The van der Waals surface area contributed by atoms with Crippen LogP contribution in [0.25, 0.3) is 0 Å². The van der Waals surface area contributed by atoms with E-state index in [9.17, 15) is 18.4 Å². The van der Waals surface area contributed by atoms with Gasteiger partial charge < -0.3 is 15.3 Å². The molecule has 1 aromatic carbocycles. The molecule has 0 saturated heterocycles. The van der Waals surface area contributed by atoms with Gasteiger partial charge in [-0.25, -0.2) is 13.6 Å². The van der Waals surface area contributed by atoms with Crippen LogP contribution in [0.4, 0.5) is 14.5 Å². The van der Waals surface area contributed by atoms with Gasteiger partial charge in [-0.1, -0.05) is 0 Å². The molecular formula is C12H14F2N2O3. The molecule has 7 heteroatoms. The molecule has 0 radical (unpaired) electrons. The van der Waals surface area contributed by atoms with E-state index in [-0.39, 0.29) is 18.9 Å². The van der Waals surface area contributed by atoms with Gasteiger partial charge in [0, 0.05) is 27.1 Å². The molecule has 104 valence electrons. The summed E-state index contributed by atoms with van der Waals surface area (Å²) in [5.41, 5.74) is -0.901. The summed E-state index contributed by atoms with van der Waals surface area (Å²) in [5, 5.41) is 11.1.